The zero-order valence-corrected chi connectivity index (χ0v) is 9.62. The fourth-order valence-electron chi connectivity index (χ4n) is 1.91. The first-order valence-corrected chi connectivity index (χ1v) is 6.23. The van der Waals surface area contributed by atoms with Gasteiger partial charge in [0.1, 0.15) is 0 Å². The van der Waals surface area contributed by atoms with Gasteiger partial charge >= 0.3 is 0 Å². The van der Waals surface area contributed by atoms with Gasteiger partial charge in [0.25, 0.3) is 0 Å². The number of rotatable bonds is 8. The molecule has 0 aliphatic heterocycles. The molecule has 0 aromatic carbocycles. The average Bonchev–Trinajstić information content (AvgIpc) is 2.29. The van der Waals surface area contributed by atoms with Crippen molar-refractivity contribution in [2.24, 2.45) is 0 Å². The van der Waals surface area contributed by atoms with E-state index in [9.17, 15) is 0 Å². The highest BCUT2D eigenvalue weighted by molar-refractivity contribution is 4.64. The Kier molecular flexibility index (Phi) is 7.88. The van der Waals surface area contributed by atoms with Gasteiger partial charge in [-0.2, -0.15) is 0 Å². The average molecular weight is 216 g/mol. The van der Waals surface area contributed by atoms with E-state index in [1.165, 1.54) is 32.1 Å². The Hall–Kier alpha value is -0.120. The molecule has 3 nitrogen and oxygen atoms in total. The second-order valence-corrected chi connectivity index (χ2v) is 4.17. The SMILES string of the molecule is OCCCOCCCOC1CCCCC1. The molecule has 0 atom stereocenters. The number of hydrogen-bond acceptors (Lipinski definition) is 3. The van der Waals surface area contributed by atoms with Crippen LogP contribution in [0.3, 0.4) is 0 Å². The molecule has 1 saturated carbocycles. The molecule has 0 saturated heterocycles. The maximum Gasteiger partial charge on any atom is 0.0575 e. The summed E-state index contributed by atoms with van der Waals surface area (Å²) in [5.74, 6) is 0. The summed E-state index contributed by atoms with van der Waals surface area (Å²) in [5.41, 5.74) is 0. The third-order valence-corrected chi connectivity index (χ3v) is 2.79. The van der Waals surface area contributed by atoms with Gasteiger partial charge in [0, 0.05) is 26.4 Å². The van der Waals surface area contributed by atoms with E-state index in [0.29, 0.717) is 12.7 Å². The first-order chi connectivity index (χ1) is 7.43. The van der Waals surface area contributed by atoms with Gasteiger partial charge in [-0.05, 0) is 25.7 Å². The van der Waals surface area contributed by atoms with Crippen molar-refractivity contribution in [1.82, 2.24) is 0 Å². The fraction of sp³-hybridized carbons (Fsp3) is 1.00. The van der Waals surface area contributed by atoms with Crippen LogP contribution < -0.4 is 0 Å². The summed E-state index contributed by atoms with van der Waals surface area (Å²) in [4.78, 5) is 0. The highest BCUT2D eigenvalue weighted by Gasteiger charge is 2.12. The zero-order valence-electron chi connectivity index (χ0n) is 9.62. The molecule has 1 aliphatic rings. The molecule has 90 valence electrons. The molecule has 0 aromatic rings. The summed E-state index contributed by atoms with van der Waals surface area (Å²) in [6.07, 6.45) is 8.75. The molecular weight excluding hydrogens is 192 g/mol. The van der Waals surface area contributed by atoms with E-state index in [2.05, 4.69) is 0 Å². The van der Waals surface area contributed by atoms with E-state index >= 15 is 0 Å². The number of aliphatic hydroxyl groups excluding tert-OH is 1. The Balaban J connectivity index is 1.79. The molecule has 3 heteroatoms. The number of aliphatic hydroxyl groups is 1. The van der Waals surface area contributed by atoms with Gasteiger partial charge in [0.15, 0.2) is 0 Å². The molecule has 0 radical (unpaired) electrons. The van der Waals surface area contributed by atoms with Crippen LogP contribution in [0.1, 0.15) is 44.9 Å². The Morgan fingerprint density at radius 1 is 0.933 bits per heavy atom. The molecule has 0 bridgehead atoms. The molecule has 0 amide bonds. The van der Waals surface area contributed by atoms with Crippen molar-refractivity contribution in [3.63, 3.8) is 0 Å². The molecule has 0 unspecified atom stereocenters. The predicted octanol–water partition coefficient (Wildman–Crippen LogP) is 2.12. The second-order valence-electron chi connectivity index (χ2n) is 4.17. The molecule has 1 aliphatic carbocycles. The summed E-state index contributed by atoms with van der Waals surface area (Å²) >= 11 is 0. The Bertz CT molecular complexity index is 133. The van der Waals surface area contributed by atoms with Gasteiger partial charge in [0.05, 0.1) is 6.10 Å². The molecule has 0 aromatic heterocycles. The van der Waals surface area contributed by atoms with Gasteiger partial charge < -0.3 is 14.6 Å². The van der Waals surface area contributed by atoms with Gasteiger partial charge in [0.2, 0.25) is 0 Å². The minimum absolute atomic E-state index is 0.221. The summed E-state index contributed by atoms with van der Waals surface area (Å²) in [7, 11) is 0. The third kappa shape index (κ3) is 6.88. The lowest BCUT2D eigenvalue weighted by atomic mass is 9.98. The highest BCUT2D eigenvalue weighted by atomic mass is 16.5. The minimum atomic E-state index is 0.221. The second kappa shape index (κ2) is 9.13. The largest absolute Gasteiger partial charge is 0.396 e. The summed E-state index contributed by atoms with van der Waals surface area (Å²) in [6, 6.07) is 0. The van der Waals surface area contributed by atoms with Crippen LogP contribution in [0.25, 0.3) is 0 Å². The fourth-order valence-corrected chi connectivity index (χ4v) is 1.91. The van der Waals surface area contributed by atoms with Gasteiger partial charge in [-0.1, -0.05) is 19.3 Å². The molecule has 0 spiro atoms. The summed E-state index contributed by atoms with van der Waals surface area (Å²) in [6.45, 7) is 2.47. The normalized spacial score (nSPS) is 18.2. The smallest absolute Gasteiger partial charge is 0.0575 e. The molecule has 1 fully saturated rings. The van der Waals surface area contributed by atoms with Crippen LogP contribution >= 0.6 is 0 Å². The maximum atomic E-state index is 8.53. The maximum absolute atomic E-state index is 8.53. The molecule has 1 N–H and O–H groups in total. The van der Waals surface area contributed by atoms with E-state index in [-0.39, 0.29) is 6.61 Å². The van der Waals surface area contributed by atoms with Crippen molar-refractivity contribution in [2.75, 3.05) is 26.4 Å². The topological polar surface area (TPSA) is 38.7 Å². The van der Waals surface area contributed by atoms with Crippen LogP contribution in [0.2, 0.25) is 0 Å². The van der Waals surface area contributed by atoms with Gasteiger partial charge in [-0.25, -0.2) is 0 Å². The van der Waals surface area contributed by atoms with Crippen LogP contribution in [0.4, 0.5) is 0 Å². The van der Waals surface area contributed by atoms with Gasteiger partial charge in [-0.15, -0.1) is 0 Å². The molecular formula is C12H24O3. The van der Waals surface area contributed by atoms with Crippen LogP contribution in [0.5, 0.6) is 0 Å². The highest BCUT2D eigenvalue weighted by Crippen LogP contribution is 2.20. The van der Waals surface area contributed by atoms with Crippen molar-refractivity contribution >= 4 is 0 Å². The molecule has 15 heavy (non-hydrogen) atoms. The molecule has 1 rings (SSSR count). The summed E-state index contributed by atoms with van der Waals surface area (Å²) in [5, 5.41) is 8.53. The van der Waals surface area contributed by atoms with E-state index in [0.717, 1.165) is 26.1 Å². The standard InChI is InChI=1S/C12H24O3/c13-8-4-9-14-10-5-11-15-12-6-2-1-3-7-12/h12-13H,1-11H2. The van der Waals surface area contributed by atoms with Crippen molar-refractivity contribution in [3.05, 3.63) is 0 Å². The minimum Gasteiger partial charge on any atom is -0.396 e. The number of ether oxygens (including phenoxy) is 2. The van der Waals surface area contributed by atoms with E-state index in [4.69, 9.17) is 14.6 Å². The Morgan fingerprint density at radius 2 is 1.67 bits per heavy atom. The lowest BCUT2D eigenvalue weighted by Crippen LogP contribution is -2.17. The van der Waals surface area contributed by atoms with Crippen molar-refractivity contribution in [3.8, 4) is 0 Å². The predicted molar refractivity (Wildman–Crippen MR) is 60.0 cm³/mol. The Labute approximate surface area is 92.8 Å². The van der Waals surface area contributed by atoms with Crippen LogP contribution in [0.15, 0.2) is 0 Å². The van der Waals surface area contributed by atoms with Crippen LogP contribution in [0, 0.1) is 0 Å². The van der Waals surface area contributed by atoms with Crippen molar-refractivity contribution < 1.29 is 14.6 Å². The third-order valence-electron chi connectivity index (χ3n) is 2.79. The van der Waals surface area contributed by atoms with E-state index in [1.54, 1.807) is 0 Å². The van der Waals surface area contributed by atoms with Crippen molar-refractivity contribution in [2.45, 2.75) is 51.0 Å². The van der Waals surface area contributed by atoms with Crippen LogP contribution in [-0.4, -0.2) is 37.6 Å². The van der Waals surface area contributed by atoms with Crippen LogP contribution in [-0.2, 0) is 9.47 Å². The van der Waals surface area contributed by atoms with Gasteiger partial charge in [-0.3, -0.25) is 0 Å². The van der Waals surface area contributed by atoms with Crippen molar-refractivity contribution in [1.29, 1.82) is 0 Å². The number of hydrogen-bond donors (Lipinski definition) is 1. The first-order valence-electron chi connectivity index (χ1n) is 6.23. The zero-order chi connectivity index (χ0) is 10.8. The monoisotopic (exact) mass is 216 g/mol. The van der Waals surface area contributed by atoms with E-state index in [1.807, 2.05) is 0 Å². The summed E-state index contributed by atoms with van der Waals surface area (Å²) < 4.78 is 11.1. The Morgan fingerprint density at radius 3 is 2.40 bits per heavy atom. The lowest BCUT2D eigenvalue weighted by molar-refractivity contribution is 0.0130. The molecule has 0 heterocycles. The van der Waals surface area contributed by atoms with E-state index < -0.39 is 0 Å². The quantitative estimate of drug-likeness (QED) is 0.632. The lowest BCUT2D eigenvalue weighted by Gasteiger charge is -2.21. The first kappa shape index (κ1) is 12.9.